The van der Waals surface area contributed by atoms with Crippen molar-refractivity contribution >= 4 is 11.9 Å². The maximum Gasteiger partial charge on any atom is 0.433 e. The lowest BCUT2D eigenvalue weighted by atomic mass is 10.3. The van der Waals surface area contributed by atoms with E-state index in [1.807, 2.05) is 4.90 Å². The van der Waals surface area contributed by atoms with Gasteiger partial charge >= 0.3 is 6.18 Å². The molecule has 128 valence electrons. The van der Waals surface area contributed by atoms with Crippen molar-refractivity contribution in [3.05, 3.63) is 30.4 Å². The molecule has 1 aliphatic heterocycles. The summed E-state index contributed by atoms with van der Waals surface area (Å²) in [5.74, 6) is 1.07. The Morgan fingerprint density at radius 1 is 1.25 bits per heavy atom. The Labute approximate surface area is 135 Å². The van der Waals surface area contributed by atoms with Gasteiger partial charge < -0.3 is 15.0 Å². The fourth-order valence-electron chi connectivity index (χ4n) is 2.41. The van der Waals surface area contributed by atoms with Crippen LogP contribution in [0.2, 0.25) is 0 Å². The van der Waals surface area contributed by atoms with Crippen LogP contribution in [0.15, 0.2) is 24.7 Å². The van der Waals surface area contributed by atoms with Gasteiger partial charge in [0.05, 0.1) is 19.5 Å². The Bertz CT molecular complexity index is 694. The number of nitrogens with one attached hydrogen (secondary N) is 1. The van der Waals surface area contributed by atoms with E-state index in [1.165, 1.54) is 7.11 Å². The van der Waals surface area contributed by atoms with E-state index in [2.05, 4.69) is 25.3 Å². The molecule has 1 N–H and O–H groups in total. The lowest BCUT2D eigenvalue weighted by Crippen LogP contribution is -2.28. The first kappa shape index (κ1) is 16.2. The first-order valence-electron chi connectivity index (χ1n) is 7.23. The number of alkyl halides is 3. The van der Waals surface area contributed by atoms with E-state index >= 15 is 0 Å². The molecule has 3 heterocycles. The van der Waals surface area contributed by atoms with Gasteiger partial charge in [0.15, 0.2) is 5.75 Å². The molecule has 1 aliphatic rings. The summed E-state index contributed by atoms with van der Waals surface area (Å²) in [5.41, 5.74) is -0.964. The van der Waals surface area contributed by atoms with Crippen molar-refractivity contribution in [2.24, 2.45) is 0 Å². The normalized spacial score (nSPS) is 17.8. The van der Waals surface area contributed by atoms with Crippen molar-refractivity contribution in [1.29, 1.82) is 0 Å². The molecule has 2 aromatic rings. The zero-order valence-corrected chi connectivity index (χ0v) is 12.8. The molecule has 0 spiro atoms. The second-order valence-electron chi connectivity index (χ2n) is 5.26. The summed E-state index contributed by atoms with van der Waals surface area (Å²) in [7, 11) is 1.53. The van der Waals surface area contributed by atoms with Crippen LogP contribution in [0.3, 0.4) is 0 Å². The number of ether oxygens (including phenoxy) is 1. The largest absolute Gasteiger partial charge is 0.494 e. The molecule has 1 fully saturated rings. The Morgan fingerprint density at radius 2 is 2.00 bits per heavy atom. The van der Waals surface area contributed by atoms with E-state index in [1.54, 1.807) is 12.4 Å². The van der Waals surface area contributed by atoms with Crippen LogP contribution in [-0.2, 0) is 6.18 Å². The van der Waals surface area contributed by atoms with Crippen molar-refractivity contribution in [1.82, 2.24) is 19.9 Å². The monoisotopic (exact) mass is 340 g/mol. The van der Waals surface area contributed by atoms with Gasteiger partial charge in [-0.2, -0.15) is 13.2 Å². The minimum atomic E-state index is -4.49. The number of nitrogens with zero attached hydrogens (tertiary/aromatic N) is 5. The van der Waals surface area contributed by atoms with Crippen LogP contribution >= 0.6 is 0 Å². The number of aromatic nitrogens is 4. The topological polar surface area (TPSA) is 76.1 Å². The Hall–Kier alpha value is -2.65. The molecule has 1 unspecified atom stereocenters. The van der Waals surface area contributed by atoms with E-state index in [9.17, 15) is 13.2 Å². The minimum Gasteiger partial charge on any atom is -0.494 e. The van der Waals surface area contributed by atoms with Gasteiger partial charge in [0.1, 0.15) is 5.69 Å². The van der Waals surface area contributed by atoms with E-state index < -0.39 is 11.9 Å². The molecule has 0 amide bonds. The first-order valence-corrected chi connectivity index (χ1v) is 7.23. The quantitative estimate of drug-likeness (QED) is 0.912. The molecule has 2 aromatic heterocycles. The number of methoxy groups -OCH3 is 1. The predicted octanol–water partition coefficient (Wildman–Crippen LogP) is 1.98. The molecule has 0 aliphatic carbocycles. The van der Waals surface area contributed by atoms with Crippen molar-refractivity contribution in [3.63, 3.8) is 0 Å². The van der Waals surface area contributed by atoms with Gasteiger partial charge in [-0.25, -0.2) is 19.9 Å². The Morgan fingerprint density at radius 3 is 2.67 bits per heavy atom. The van der Waals surface area contributed by atoms with Gasteiger partial charge in [-0.15, -0.1) is 0 Å². The number of halogens is 3. The van der Waals surface area contributed by atoms with Crippen LogP contribution in [0.4, 0.5) is 25.1 Å². The highest BCUT2D eigenvalue weighted by Gasteiger charge is 2.33. The zero-order valence-electron chi connectivity index (χ0n) is 12.8. The zero-order chi connectivity index (χ0) is 17.2. The molecule has 10 heteroatoms. The van der Waals surface area contributed by atoms with Gasteiger partial charge in [0, 0.05) is 25.3 Å². The second kappa shape index (κ2) is 6.46. The molecule has 1 saturated heterocycles. The van der Waals surface area contributed by atoms with E-state index in [-0.39, 0.29) is 12.0 Å². The number of hydrogen-bond donors (Lipinski definition) is 1. The maximum atomic E-state index is 12.7. The fourth-order valence-corrected chi connectivity index (χ4v) is 2.41. The Balaban J connectivity index is 1.64. The third-order valence-corrected chi connectivity index (χ3v) is 3.60. The van der Waals surface area contributed by atoms with E-state index in [0.29, 0.717) is 24.8 Å². The summed E-state index contributed by atoms with van der Waals surface area (Å²) in [6, 6.07) is 0.760. The van der Waals surface area contributed by atoms with Gasteiger partial charge in [-0.05, 0) is 12.5 Å². The fraction of sp³-hybridized carbons (Fsp3) is 0.429. The van der Waals surface area contributed by atoms with Crippen LogP contribution in [0.25, 0.3) is 0 Å². The van der Waals surface area contributed by atoms with Crippen LogP contribution in [0.5, 0.6) is 5.75 Å². The van der Waals surface area contributed by atoms with Crippen molar-refractivity contribution < 1.29 is 17.9 Å². The van der Waals surface area contributed by atoms with Crippen molar-refractivity contribution in [3.8, 4) is 5.75 Å². The van der Waals surface area contributed by atoms with E-state index in [4.69, 9.17) is 4.74 Å². The van der Waals surface area contributed by atoms with Gasteiger partial charge in [0.2, 0.25) is 11.9 Å². The number of anilines is 2. The average molecular weight is 340 g/mol. The first-order chi connectivity index (χ1) is 11.5. The standard InChI is InChI=1S/C14H15F3N6O/c1-24-10-6-19-13(20-7-10)23-5-3-9(8-23)21-12-18-4-2-11(22-12)14(15,16)17/h2,4,6-7,9H,3,5,8H2,1H3,(H,18,21,22). The molecule has 3 rings (SSSR count). The minimum absolute atomic E-state index is 0.0349. The number of hydrogen-bond acceptors (Lipinski definition) is 7. The maximum absolute atomic E-state index is 12.7. The summed E-state index contributed by atoms with van der Waals surface area (Å²) < 4.78 is 43.0. The Kier molecular flexibility index (Phi) is 4.36. The summed E-state index contributed by atoms with van der Waals surface area (Å²) in [4.78, 5) is 17.7. The summed E-state index contributed by atoms with van der Waals surface area (Å²) in [6.07, 6.45) is 0.461. The van der Waals surface area contributed by atoms with Crippen LogP contribution < -0.4 is 15.0 Å². The van der Waals surface area contributed by atoms with E-state index in [0.717, 1.165) is 18.7 Å². The lowest BCUT2D eigenvalue weighted by Gasteiger charge is -2.17. The third kappa shape index (κ3) is 3.63. The van der Waals surface area contributed by atoms with Crippen molar-refractivity contribution in [2.75, 3.05) is 30.4 Å². The molecule has 0 aromatic carbocycles. The molecule has 1 atom stereocenters. The van der Waals surface area contributed by atoms with Gasteiger partial charge in [-0.3, -0.25) is 0 Å². The highest BCUT2D eigenvalue weighted by molar-refractivity contribution is 5.37. The predicted molar refractivity (Wildman–Crippen MR) is 79.9 cm³/mol. The SMILES string of the molecule is COc1cnc(N2CCC(Nc3nccc(C(F)(F)F)n3)C2)nc1. The summed E-state index contributed by atoms with van der Waals surface area (Å²) in [5, 5.41) is 2.93. The van der Waals surface area contributed by atoms with Crippen LogP contribution in [0.1, 0.15) is 12.1 Å². The van der Waals surface area contributed by atoms with Gasteiger partial charge in [-0.1, -0.05) is 0 Å². The highest BCUT2D eigenvalue weighted by atomic mass is 19.4. The molecule has 24 heavy (non-hydrogen) atoms. The summed E-state index contributed by atoms with van der Waals surface area (Å²) in [6.45, 7) is 1.23. The van der Waals surface area contributed by atoms with Crippen LogP contribution in [-0.4, -0.2) is 46.2 Å². The number of rotatable bonds is 4. The van der Waals surface area contributed by atoms with Gasteiger partial charge in [0.25, 0.3) is 0 Å². The van der Waals surface area contributed by atoms with Crippen molar-refractivity contribution in [2.45, 2.75) is 18.6 Å². The third-order valence-electron chi connectivity index (χ3n) is 3.60. The second-order valence-corrected chi connectivity index (χ2v) is 5.26. The lowest BCUT2D eigenvalue weighted by molar-refractivity contribution is -0.141. The highest BCUT2D eigenvalue weighted by Crippen LogP contribution is 2.28. The molecular formula is C14H15F3N6O. The van der Waals surface area contributed by atoms with Crippen LogP contribution in [0, 0.1) is 0 Å². The molecule has 0 saturated carbocycles. The summed E-state index contributed by atoms with van der Waals surface area (Å²) >= 11 is 0. The molecule has 7 nitrogen and oxygen atoms in total. The molecule has 0 bridgehead atoms. The smallest absolute Gasteiger partial charge is 0.433 e. The average Bonchev–Trinajstić information content (AvgIpc) is 3.03. The molecular weight excluding hydrogens is 325 g/mol. The molecule has 0 radical (unpaired) electrons.